The van der Waals surface area contributed by atoms with E-state index in [4.69, 9.17) is 5.73 Å². The first-order valence-corrected chi connectivity index (χ1v) is 4.16. The molecule has 0 saturated heterocycles. The van der Waals surface area contributed by atoms with Crippen LogP contribution in [0.15, 0.2) is 6.07 Å². The number of hydrogen-bond donors (Lipinski definition) is 1. The average molecular weight is 202 g/mol. The van der Waals surface area contributed by atoms with Gasteiger partial charge in [0.1, 0.15) is 0 Å². The number of halogens is 2. The molecule has 0 bridgehead atoms. The van der Waals surface area contributed by atoms with Crippen LogP contribution in [0.3, 0.4) is 0 Å². The lowest BCUT2D eigenvalue weighted by molar-refractivity contribution is -0.0535. The molecule has 0 saturated carbocycles. The molecule has 0 aliphatic rings. The molecule has 0 amide bonds. The van der Waals surface area contributed by atoms with Crippen LogP contribution in [0.5, 0.6) is 5.88 Å². The van der Waals surface area contributed by atoms with Gasteiger partial charge in [-0.25, -0.2) is 4.98 Å². The first-order valence-electron chi connectivity index (χ1n) is 4.16. The average Bonchev–Trinajstić information content (AvgIpc) is 2.10. The van der Waals surface area contributed by atoms with E-state index >= 15 is 0 Å². The number of aryl methyl sites for hydroxylation is 2. The molecule has 78 valence electrons. The maximum atomic E-state index is 12.0. The van der Waals surface area contributed by atoms with Crippen LogP contribution in [-0.4, -0.2) is 11.6 Å². The van der Waals surface area contributed by atoms with Crippen molar-refractivity contribution in [1.29, 1.82) is 0 Å². The molecule has 1 rings (SSSR count). The maximum absolute atomic E-state index is 12.0. The van der Waals surface area contributed by atoms with Crippen molar-refractivity contribution in [1.82, 2.24) is 4.98 Å². The molecule has 0 fully saturated rings. The summed E-state index contributed by atoms with van der Waals surface area (Å²) in [6.07, 6.45) is 0. The van der Waals surface area contributed by atoms with E-state index in [2.05, 4.69) is 9.72 Å². The van der Waals surface area contributed by atoms with Crippen molar-refractivity contribution in [3.05, 3.63) is 22.9 Å². The highest BCUT2D eigenvalue weighted by Gasteiger charge is 2.11. The molecule has 14 heavy (non-hydrogen) atoms. The van der Waals surface area contributed by atoms with E-state index in [1.807, 2.05) is 6.92 Å². The molecule has 0 aliphatic carbocycles. The molecule has 1 aromatic rings. The lowest BCUT2D eigenvalue weighted by Gasteiger charge is -2.10. The number of ether oxygens (including phenoxy) is 1. The van der Waals surface area contributed by atoms with Gasteiger partial charge in [0.15, 0.2) is 0 Å². The number of nitrogens with zero attached hydrogens (tertiary/aromatic N) is 1. The smallest absolute Gasteiger partial charge is 0.388 e. The van der Waals surface area contributed by atoms with Gasteiger partial charge in [-0.2, -0.15) is 8.78 Å². The van der Waals surface area contributed by atoms with E-state index in [-0.39, 0.29) is 12.4 Å². The molecule has 1 heterocycles. The van der Waals surface area contributed by atoms with Gasteiger partial charge in [0, 0.05) is 17.8 Å². The number of pyridine rings is 1. The number of aromatic nitrogens is 1. The molecule has 0 unspecified atom stereocenters. The van der Waals surface area contributed by atoms with Crippen molar-refractivity contribution >= 4 is 0 Å². The first-order chi connectivity index (χ1) is 6.54. The van der Waals surface area contributed by atoms with E-state index < -0.39 is 6.61 Å². The van der Waals surface area contributed by atoms with Gasteiger partial charge in [0.25, 0.3) is 0 Å². The summed E-state index contributed by atoms with van der Waals surface area (Å²) < 4.78 is 28.2. The summed E-state index contributed by atoms with van der Waals surface area (Å²) in [4.78, 5) is 3.90. The van der Waals surface area contributed by atoms with Gasteiger partial charge in [-0.15, -0.1) is 0 Å². The van der Waals surface area contributed by atoms with Crippen molar-refractivity contribution in [2.75, 3.05) is 0 Å². The molecule has 2 N–H and O–H groups in total. The van der Waals surface area contributed by atoms with Crippen LogP contribution >= 0.6 is 0 Å². The zero-order valence-electron chi connectivity index (χ0n) is 8.05. The van der Waals surface area contributed by atoms with Gasteiger partial charge >= 0.3 is 6.61 Å². The lowest BCUT2D eigenvalue weighted by Crippen LogP contribution is -2.10. The predicted octanol–water partition coefficient (Wildman–Crippen LogP) is 1.76. The molecule has 0 spiro atoms. The summed E-state index contributed by atoms with van der Waals surface area (Å²) in [7, 11) is 0. The standard InChI is InChI=1S/C9H12F2N2O/c1-5-3-7(4-12)8(13-6(5)2)14-9(10)11/h3,9H,4,12H2,1-2H3. The third kappa shape index (κ3) is 2.38. The summed E-state index contributed by atoms with van der Waals surface area (Å²) in [5.74, 6) is -0.0781. The van der Waals surface area contributed by atoms with Crippen LogP contribution in [0.2, 0.25) is 0 Å². The summed E-state index contributed by atoms with van der Waals surface area (Å²) in [5, 5.41) is 0. The Morgan fingerprint density at radius 1 is 1.50 bits per heavy atom. The van der Waals surface area contributed by atoms with Gasteiger partial charge in [0.2, 0.25) is 5.88 Å². The van der Waals surface area contributed by atoms with Gasteiger partial charge in [0.05, 0.1) is 0 Å². The van der Waals surface area contributed by atoms with Crippen molar-refractivity contribution in [3.63, 3.8) is 0 Å². The Labute approximate surface area is 80.9 Å². The zero-order chi connectivity index (χ0) is 10.7. The summed E-state index contributed by atoms with van der Waals surface area (Å²) >= 11 is 0. The molecule has 3 nitrogen and oxygen atoms in total. The molecule has 0 aromatic carbocycles. The number of hydrogen-bond acceptors (Lipinski definition) is 3. The van der Waals surface area contributed by atoms with Gasteiger partial charge in [-0.3, -0.25) is 0 Å². The van der Waals surface area contributed by atoms with Crippen LogP contribution in [0.25, 0.3) is 0 Å². The fourth-order valence-corrected chi connectivity index (χ4v) is 1.07. The van der Waals surface area contributed by atoms with E-state index in [1.165, 1.54) is 0 Å². The minimum absolute atomic E-state index is 0.0781. The Kier molecular flexibility index (Phi) is 3.35. The van der Waals surface area contributed by atoms with E-state index in [0.717, 1.165) is 5.56 Å². The highest BCUT2D eigenvalue weighted by Crippen LogP contribution is 2.20. The second-order valence-corrected chi connectivity index (χ2v) is 2.94. The Morgan fingerprint density at radius 3 is 2.64 bits per heavy atom. The third-order valence-corrected chi connectivity index (χ3v) is 1.93. The molecule has 5 heteroatoms. The first kappa shape index (κ1) is 10.8. The number of nitrogens with two attached hydrogens (primary N) is 1. The van der Waals surface area contributed by atoms with Crippen LogP contribution in [-0.2, 0) is 6.54 Å². The van der Waals surface area contributed by atoms with Crippen LogP contribution < -0.4 is 10.5 Å². The topological polar surface area (TPSA) is 48.1 Å². The Bertz CT molecular complexity index is 329. The maximum Gasteiger partial charge on any atom is 0.388 e. The third-order valence-electron chi connectivity index (χ3n) is 1.93. The van der Waals surface area contributed by atoms with Gasteiger partial charge < -0.3 is 10.5 Å². The second-order valence-electron chi connectivity index (χ2n) is 2.94. The van der Waals surface area contributed by atoms with Crippen LogP contribution in [0, 0.1) is 13.8 Å². The van der Waals surface area contributed by atoms with Crippen LogP contribution in [0.1, 0.15) is 16.8 Å². The molecule has 0 atom stereocenters. The molecular formula is C9H12F2N2O. The Hall–Kier alpha value is -1.23. The molecule has 0 radical (unpaired) electrons. The summed E-state index contributed by atoms with van der Waals surface area (Å²) in [6.45, 7) is 0.840. The fraction of sp³-hybridized carbons (Fsp3) is 0.444. The quantitative estimate of drug-likeness (QED) is 0.812. The fourth-order valence-electron chi connectivity index (χ4n) is 1.07. The van der Waals surface area contributed by atoms with Crippen molar-refractivity contribution in [3.8, 4) is 5.88 Å². The molecule has 1 aromatic heterocycles. The lowest BCUT2D eigenvalue weighted by atomic mass is 10.1. The SMILES string of the molecule is Cc1cc(CN)c(OC(F)F)nc1C. The highest BCUT2D eigenvalue weighted by molar-refractivity contribution is 5.33. The van der Waals surface area contributed by atoms with Gasteiger partial charge in [-0.05, 0) is 25.5 Å². The predicted molar refractivity (Wildman–Crippen MR) is 48.2 cm³/mol. The molecule has 0 aliphatic heterocycles. The highest BCUT2D eigenvalue weighted by atomic mass is 19.3. The second kappa shape index (κ2) is 4.32. The Balaban J connectivity index is 3.07. The number of alkyl halides is 2. The zero-order valence-corrected chi connectivity index (χ0v) is 8.05. The number of rotatable bonds is 3. The van der Waals surface area contributed by atoms with Crippen LogP contribution in [0.4, 0.5) is 8.78 Å². The normalized spacial score (nSPS) is 10.7. The summed E-state index contributed by atoms with van der Waals surface area (Å²) in [5.41, 5.74) is 7.45. The van der Waals surface area contributed by atoms with E-state index in [1.54, 1.807) is 13.0 Å². The van der Waals surface area contributed by atoms with E-state index in [9.17, 15) is 8.78 Å². The van der Waals surface area contributed by atoms with Crippen molar-refractivity contribution < 1.29 is 13.5 Å². The van der Waals surface area contributed by atoms with Gasteiger partial charge in [-0.1, -0.05) is 0 Å². The largest absolute Gasteiger partial charge is 0.417 e. The van der Waals surface area contributed by atoms with Crippen molar-refractivity contribution in [2.45, 2.75) is 27.0 Å². The van der Waals surface area contributed by atoms with E-state index in [0.29, 0.717) is 11.3 Å². The minimum atomic E-state index is -2.87. The van der Waals surface area contributed by atoms with Crippen molar-refractivity contribution in [2.24, 2.45) is 5.73 Å². The monoisotopic (exact) mass is 202 g/mol. The molecular weight excluding hydrogens is 190 g/mol. The minimum Gasteiger partial charge on any atom is -0.417 e. The summed E-state index contributed by atoms with van der Waals surface area (Å²) in [6, 6.07) is 1.71. The Morgan fingerprint density at radius 2 is 2.14 bits per heavy atom.